The Morgan fingerprint density at radius 2 is 0.811 bits per heavy atom. The van der Waals surface area contributed by atoms with Crippen LogP contribution in [0.3, 0.4) is 0 Å². The monoisotopic (exact) mass is 674 g/mol. The van der Waals surface area contributed by atoms with E-state index in [9.17, 15) is 0 Å². The Kier molecular flexibility index (Phi) is 6.52. The highest BCUT2D eigenvalue weighted by atomic mass is 15.0. The van der Waals surface area contributed by atoms with Gasteiger partial charge in [-0.05, 0) is 91.6 Å². The van der Waals surface area contributed by atoms with Crippen molar-refractivity contribution in [3.63, 3.8) is 0 Å². The second-order valence-electron chi connectivity index (χ2n) is 13.7. The van der Waals surface area contributed by atoms with Gasteiger partial charge in [-0.15, -0.1) is 0 Å². The lowest BCUT2D eigenvalue weighted by molar-refractivity contribution is 1.07. The summed E-state index contributed by atoms with van der Waals surface area (Å²) in [7, 11) is 0. The van der Waals surface area contributed by atoms with Gasteiger partial charge in [0.25, 0.3) is 0 Å². The number of rotatable bonds is 4. The zero-order chi connectivity index (χ0) is 34.9. The van der Waals surface area contributed by atoms with E-state index in [-0.39, 0.29) is 0 Å². The minimum atomic E-state index is 0.638. The van der Waals surface area contributed by atoms with Gasteiger partial charge in [0.2, 0.25) is 0 Å². The van der Waals surface area contributed by atoms with E-state index in [0.29, 0.717) is 17.5 Å². The van der Waals surface area contributed by atoms with Crippen molar-refractivity contribution in [1.82, 2.24) is 19.5 Å². The average molecular weight is 675 g/mol. The van der Waals surface area contributed by atoms with Crippen molar-refractivity contribution in [2.45, 2.75) is 0 Å². The SMILES string of the molecule is c1ccc(-c2nc(-c3ccc(-n4c5ccccc5c5cc6ccccc6cc54)cc3)nc(-c3ccc4c(ccc5c6ccccc6ccc45)c3)n2)cc1. The number of para-hydroxylation sites is 1. The number of hydrogen-bond acceptors (Lipinski definition) is 3. The fourth-order valence-electron chi connectivity index (χ4n) is 8.01. The van der Waals surface area contributed by atoms with Crippen molar-refractivity contribution in [2.75, 3.05) is 0 Å². The second-order valence-corrected chi connectivity index (χ2v) is 13.7. The lowest BCUT2D eigenvalue weighted by Gasteiger charge is -2.12. The first-order valence-electron chi connectivity index (χ1n) is 17.9. The van der Waals surface area contributed by atoms with E-state index >= 15 is 0 Å². The van der Waals surface area contributed by atoms with Crippen LogP contribution in [0, 0.1) is 0 Å². The van der Waals surface area contributed by atoms with Gasteiger partial charge >= 0.3 is 0 Å². The zero-order valence-electron chi connectivity index (χ0n) is 28.6. The van der Waals surface area contributed by atoms with Gasteiger partial charge in [0, 0.05) is 33.2 Å². The van der Waals surface area contributed by atoms with E-state index in [2.05, 4.69) is 168 Å². The third-order valence-corrected chi connectivity index (χ3v) is 10.6. The molecule has 0 aliphatic heterocycles. The predicted octanol–water partition coefficient (Wildman–Crippen LogP) is 12.6. The van der Waals surface area contributed by atoms with E-state index in [1.807, 2.05) is 18.2 Å². The molecule has 4 heteroatoms. The topological polar surface area (TPSA) is 43.6 Å². The van der Waals surface area contributed by atoms with Gasteiger partial charge in [-0.2, -0.15) is 0 Å². The van der Waals surface area contributed by atoms with E-state index in [0.717, 1.165) is 27.8 Å². The summed E-state index contributed by atoms with van der Waals surface area (Å²) < 4.78 is 2.36. The van der Waals surface area contributed by atoms with Crippen LogP contribution in [0.15, 0.2) is 182 Å². The van der Waals surface area contributed by atoms with E-state index in [1.54, 1.807) is 0 Å². The Morgan fingerprint density at radius 1 is 0.283 bits per heavy atom. The Morgan fingerprint density at radius 3 is 1.57 bits per heavy atom. The first-order valence-corrected chi connectivity index (χ1v) is 17.9. The normalized spacial score (nSPS) is 11.8. The summed E-state index contributed by atoms with van der Waals surface area (Å²) >= 11 is 0. The van der Waals surface area contributed by atoms with Crippen LogP contribution in [0.2, 0.25) is 0 Å². The third-order valence-electron chi connectivity index (χ3n) is 10.6. The zero-order valence-corrected chi connectivity index (χ0v) is 28.6. The first-order chi connectivity index (χ1) is 26.2. The molecule has 53 heavy (non-hydrogen) atoms. The van der Waals surface area contributed by atoms with E-state index < -0.39 is 0 Å². The van der Waals surface area contributed by atoms with Crippen LogP contribution in [0.1, 0.15) is 0 Å². The molecule has 11 aromatic rings. The molecule has 2 aromatic heterocycles. The summed E-state index contributed by atoms with van der Waals surface area (Å²) in [4.78, 5) is 15.2. The standard InChI is InChI=1S/C49H30N4/c1-2-11-32(12-3-1)47-50-48(52-49(51-47)37-22-25-40-36(28-37)21-27-41-39-15-7-6-10-31(39)20-26-42(40)41)33-18-23-38(24-19-33)53-45-17-9-8-16-43(45)44-29-34-13-4-5-14-35(34)30-46(44)53/h1-30H. The van der Waals surface area contributed by atoms with Crippen LogP contribution in [0.5, 0.6) is 0 Å². The Hall–Kier alpha value is -7.17. The summed E-state index contributed by atoms with van der Waals surface area (Å²) in [5.74, 6) is 1.93. The minimum absolute atomic E-state index is 0.638. The molecule has 0 aliphatic carbocycles. The lowest BCUT2D eigenvalue weighted by atomic mass is 9.96. The molecule has 0 atom stereocenters. The van der Waals surface area contributed by atoms with Gasteiger partial charge in [-0.25, -0.2) is 15.0 Å². The molecule has 0 saturated heterocycles. The van der Waals surface area contributed by atoms with Gasteiger partial charge in [0.1, 0.15) is 0 Å². The maximum Gasteiger partial charge on any atom is 0.164 e. The minimum Gasteiger partial charge on any atom is -0.309 e. The van der Waals surface area contributed by atoms with E-state index in [4.69, 9.17) is 15.0 Å². The van der Waals surface area contributed by atoms with Crippen molar-refractivity contribution in [2.24, 2.45) is 0 Å². The van der Waals surface area contributed by atoms with Gasteiger partial charge < -0.3 is 4.57 Å². The number of hydrogen-bond donors (Lipinski definition) is 0. The molecule has 0 unspecified atom stereocenters. The van der Waals surface area contributed by atoms with Crippen LogP contribution in [-0.2, 0) is 0 Å². The smallest absolute Gasteiger partial charge is 0.164 e. The average Bonchev–Trinajstić information content (AvgIpc) is 3.55. The molecule has 0 spiro atoms. The van der Waals surface area contributed by atoms with E-state index in [1.165, 1.54) is 59.5 Å². The Labute approximate surface area is 305 Å². The first kappa shape index (κ1) is 29.5. The van der Waals surface area contributed by atoms with Crippen molar-refractivity contribution in [3.8, 4) is 39.9 Å². The third kappa shape index (κ3) is 4.80. The second kappa shape index (κ2) is 11.7. The molecule has 2 heterocycles. The van der Waals surface area contributed by atoms with Gasteiger partial charge in [0.15, 0.2) is 17.5 Å². The molecule has 0 bridgehead atoms. The number of aromatic nitrogens is 4. The summed E-state index contributed by atoms with van der Waals surface area (Å²) in [6.45, 7) is 0. The number of benzene rings is 9. The van der Waals surface area contributed by atoms with Gasteiger partial charge in [-0.3, -0.25) is 0 Å². The maximum atomic E-state index is 5.11. The predicted molar refractivity (Wildman–Crippen MR) is 220 cm³/mol. The summed E-state index contributed by atoms with van der Waals surface area (Å²) in [6.07, 6.45) is 0. The highest BCUT2D eigenvalue weighted by Crippen LogP contribution is 2.36. The molecule has 9 aromatic carbocycles. The lowest BCUT2D eigenvalue weighted by Crippen LogP contribution is -2.00. The quantitative estimate of drug-likeness (QED) is 0.175. The molecule has 0 radical (unpaired) electrons. The summed E-state index contributed by atoms with van der Waals surface area (Å²) in [5.41, 5.74) is 6.28. The van der Waals surface area contributed by atoms with Crippen LogP contribution in [-0.4, -0.2) is 19.5 Å². The molecule has 11 rings (SSSR count). The van der Waals surface area contributed by atoms with Crippen LogP contribution in [0.4, 0.5) is 0 Å². The summed E-state index contributed by atoms with van der Waals surface area (Å²) in [6, 6.07) is 64.6. The van der Waals surface area contributed by atoms with Crippen molar-refractivity contribution < 1.29 is 0 Å². The largest absolute Gasteiger partial charge is 0.309 e. The fourth-order valence-corrected chi connectivity index (χ4v) is 8.01. The van der Waals surface area contributed by atoms with Crippen molar-refractivity contribution in [3.05, 3.63) is 182 Å². The fraction of sp³-hybridized carbons (Fsp3) is 0. The molecule has 246 valence electrons. The molecular formula is C49H30N4. The molecule has 0 aliphatic rings. The molecule has 0 saturated carbocycles. The highest BCUT2D eigenvalue weighted by molar-refractivity contribution is 6.17. The van der Waals surface area contributed by atoms with Crippen LogP contribution >= 0.6 is 0 Å². The number of fused-ring (bicyclic) bond motifs is 9. The van der Waals surface area contributed by atoms with Crippen LogP contribution in [0.25, 0.3) is 105 Å². The van der Waals surface area contributed by atoms with Crippen LogP contribution < -0.4 is 0 Å². The van der Waals surface area contributed by atoms with Gasteiger partial charge in [-0.1, -0.05) is 133 Å². The van der Waals surface area contributed by atoms with Gasteiger partial charge in [0.05, 0.1) is 11.0 Å². The summed E-state index contributed by atoms with van der Waals surface area (Å²) in [5, 5.41) is 12.3. The maximum absolute atomic E-state index is 5.11. The Balaban J connectivity index is 1.04. The molecule has 0 N–H and O–H groups in total. The molecule has 4 nitrogen and oxygen atoms in total. The molecule has 0 fully saturated rings. The molecular weight excluding hydrogens is 645 g/mol. The molecule has 0 amide bonds. The van der Waals surface area contributed by atoms with Crippen molar-refractivity contribution >= 4 is 64.9 Å². The Bertz CT molecular complexity index is 3220. The highest BCUT2D eigenvalue weighted by Gasteiger charge is 2.16. The number of nitrogens with zero attached hydrogens (tertiary/aromatic N) is 4. The van der Waals surface area contributed by atoms with Crippen molar-refractivity contribution in [1.29, 1.82) is 0 Å².